The quantitative estimate of drug-likeness (QED) is 0.615. The first kappa shape index (κ1) is 10.9. The lowest BCUT2D eigenvalue weighted by Crippen LogP contribution is -2.48. The summed E-state index contributed by atoms with van der Waals surface area (Å²) in [6.45, 7) is 0.465. The summed E-state index contributed by atoms with van der Waals surface area (Å²) in [5.74, 6) is -0.0216. The van der Waals surface area contributed by atoms with Crippen LogP contribution >= 0.6 is 15.9 Å². The number of rotatable bonds is 2. The largest absolute Gasteiger partial charge is 0.325 e. The van der Waals surface area contributed by atoms with Crippen molar-refractivity contribution in [3.05, 3.63) is 0 Å². The highest BCUT2D eigenvalue weighted by molar-refractivity contribution is 9.09. The standard InChI is InChI=1S/C10H15BrN2O2/c11-6-7-13-8(14)10(12-9(13)15)4-2-1-3-5-10/h1-7H2,(H,12,15). The van der Waals surface area contributed by atoms with E-state index in [1.165, 1.54) is 11.3 Å². The van der Waals surface area contributed by atoms with Crippen LogP contribution in [-0.4, -0.2) is 34.3 Å². The average molecular weight is 275 g/mol. The van der Waals surface area contributed by atoms with Crippen LogP contribution in [0.1, 0.15) is 32.1 Å². The van der Waals surface area contributed by atoms with Gasteiger partial charge in [-0.25, -0.2) is 4.79 Å². The van der Waals surface area contributed by atoms with E-state index < -0.39 is 5.54 Å². The number of carbonyl (C=O) groups is 2. The summed E-state index contributed by atoms with van der Waals surface area (Å²) in [6, 6.07) is -0.221. The molecular weight excluding hydrogens is 260 g/mol. The van der Waals surface area contributed by atoms with Gasteiger partial charge in [0.05, 0.1) is 0 Å². The Morgan fingerprint density at radius 1 is 1.27 bits per heavy atom. The van der Waals surface area contributed by atoms with Crippen LogP contribution < -0.4 is 5.32 Å². The Bertz CT molecular complexity index is 287. The molecular formula is C10H15BrN2O2. The Kier molecular flexibility index (Phi) is 3.00. The van der Waals surface area contributed by atoms with Crippen molar-refractivity contribution in [3.63, 3.8) is 0 Å². The Morgan fingerprint density at radius 2 is 1.93 bits per heavy atom. The second-order valence-corrected chi connectivity index (χ2v) is 5.01. The number of nitrogens with zero attached hydrogens (tertiary/aromatic N) is 1. The van der Waals surface area contributed by atoms with E-state index in [4.69, 9.17) is 0 Å². The molecule has 1 N–H and O–H groups in total. The molecule has 84 valence electrons. The maximum atomic E-state index is 12.1. The van der Waals surface area contributed by atoms with Crippen molar-refractivity contribution >= 4 is 27.9 Å². The Balaban J connectivity index is 2.15. The van der Waals surface area contributed by atoms with E-state index in [0.29, 0.717) is 11.9 Å². The second kappa shape index (κ2) is 4.12. The molecule has 1 spiro atoms. The van der Waals surface area contributed by atoms with Crippen molar-refractivity contribution in [3.8, 4) is 0 Å². The van der Waals surface area contributed by atoms with Gasteiger partial charge in [-0.2, -0.15) is 0 Å². The number of amides is 3. The van der Waals surface area contributed by atoms with Crippen LogP contribution in [0.25, 0.3) is 0 Å². The molecule has 4 nitrogen and oxygen atoms in total. The highest BCUT2D eigenvalue weighted by Gasteiger charge is 2.50. The Labute approximate surface area is 97.5 Å². The molecule has 0 unspecified atom stereocenters. The zero-order valence-electron chi connectivity index (χ0n) is 8.59. The molecule has 5 heteroatoms. The Hall–Kier alpha value is -0.580. The number of nitrogens with one attached hydrogen (secondary N) is 1. The number of imide groups is 1. The summed E-state index contributed by atoms with van der Waals surface area (Å²) in [5.41, 5.74) is -0.558. The van der Waals surface area contributed by atoms with Gasteiger partial charge in [-0.3, -0.25) is 9.69 Å². The van der Waals surface area contributed by atoms with Crippen molar-refractivity contribution in [2.75, 3.05) is 11.9 Å². The van der Waals surface area contributed by atoms with Crippen LogP contribution in [0, 0.1) is 0 Å². The maximum absolute atomic E-state index is 12.1. The lowest BCUT2D eigenvalue weighted by atomic mass is 9.82. The maximum Gasteiger partial charge on any atom is 0.325 e. The number of alkyl halides is 1. The van der Waals surface area contributed by atoms with Crippen molar-refractivity contribution in [2.24, 2.45) is 0 Å². The monoisotopic (exact) mass is 274 g/mol. The molecule has 1 aliphatic carbocycles. The van der Waals surface area contributed by atoms with Crippen LogP contribution in [0.5, 0.6) is 0 Å². The van der Waals surface area contributed by atoms with E-state index in [-0.39, 0.29) is 11.9 Å². The number of hydrogen-bond donors (Lipinski definition) is 1. The zero-order valence-corrected chi connectivity index (χ0v) is 10.2. The first-order valence-electron chi connectivity index (χ1n) is 5.40. The van der Waals surface area contributed by atoms with Gasteiger partial charge in [0.2, 0.25) is 0 Å². The van der Waals surface area contributed by atoms with Gasteiger partial charge in [-0.15, -0.1) is 0 Å². The molecule has 0 aromatic rings. The summed E-state index contributed by atoms with van der Waals surface area (Å²) in [6.07, 6.45) is 4.85. The van der Waals surface area contributed by atoms with Crippen LogP contribution in [0.2, 0.25) is 0 Å². The number of urea groups is 1. The molecule has 0 bridgehead atoms. The van der Waals surface area contributed by atoms with Crippen LogP contribution in [0.15, 0.2) is 0 Å². The van der Waals surface area contributed by atoms with Crippen molar-refractivity contribution in [1.29, 1.82) is 0 Å². The van der Waals surface area contributed by atoms with Gasteiger partial charge in [-0.05, 0) is 12.8 Å². The van der Waals surface area contributed by atoms with Crippen LogP contribution in [0.3, 0.4) is 0 Å². The van der Waals surface area contributed by atoms with Gasteiger partial charge in [0, 0.05) is 11.9 Å². The molecule has 3 amide bonds. The molecule has 1 aliphatic heterocycles. The third kappa shape index (κ3) is 1.77. The van der Waals surface area contributed by atoms with E-state index in [0.717, 1.165) is 25.7 Å². The lowest BCUT2D eigenvalue weighted by Gasteiger charge is -2.30. The summed E-state index contributed by atoms with van der Waals surface area (Å²) >= 11 is 3.25. The normalized spacial score (nSPS) is 24.7. The predicted molar refractivity (Wildman–Crippen MR) is 59.9 cm³/mol. The first-order valence-corrected chi connectivity index (χ1v) is 6.52. The summed E-state index contributed by atoms with van der Waals surface area (Å²) < 4.78 is 0. The highest BCUT2D eigenvalue weighted by atomic mass is 79.9. The minimum absolute atomic E-state index is 0.0216. The zero-order chi connectivity index (χ0) is 10.9. The van der Waals surface area contributed by atoms with Crippen molar-refractivity contribution < 1.29 is 9.59 Å². The fraction of sp³-hybridized carbons (Fsp3) is 0.800. The molecule has 0 atom stereocenters. The van der Waals surface area contributed by atoms with Gasteiger partial charge in [0.15, 0.2) is 0 Å². The van der Waals surface area contributed by atoms with Gasteiger partial charge < -0.3 is 5.32 Å². The number of halogens is 1. The average Bonchev–Trinajstić information content (AvgIpc) is 2.45. The summed E-state index contributed by atoms with van der Waals surface area (Å²) in [5, 5.41) is 3.51. The van der Waals surface area contributed by atoms with Crippen molar-refractivity contribution in [1.82, 2.24) is 10.2 Å². The van der Waals surface area contributed by atoms with Crippen molar-refractivity contribution in [2.45, 2.75) is 37.6 Å². The summed E-state index contributed by atoms with van der Waals surface area (Å²) in [4.78, 5) is 25.1. The molecule has 15 heavy (non-hydrogen) atoms. The fourth-order valence-corrected chi connectivity index (χ4v) is 2.81. The third-order valence-corrected chi connectivity index (χ3v) is 3.62. The highest BCUT2D eigenvalue weighted by Crippen LogP contribution is 2.33. The molecule has 2 aliphatic rings. The van der Waals surface area contributed by atoms with Gasteiger partial charge in [0.25, 0.3) is 5.91 Å². The predicted octanol–water partition coefficient (Wildman–Crippen LogP) is 1.64. The van der Waals surface area contributed by atoms with E-state index >= 15 is 0 Å². The number of carbonyl (C=O) groups excluding carboxylic acids is 2. The molecule has 1 heterocycles. The van der Waals surface area contributed by atoms with E-state index in [1.807, 2.05) is 0 Å². The minimum atomic E-state index is -0.558. The second-order valence-electron chi connectivity index (χ2n) is 4.22. The van der Waals surface area contributed by atoms with E-state index in [1.54, 1.807) is 0 Å². The topological polar surface area (TPSA) is 49.4 Å². The molecule has 2 rings (SSSR count). The number of hydrogen-bond acceptors (Lipinski definition) is 2. The first-order chi connectivity index (χ1) is 7.19. The van der Waals surface area contributed by atoms with Gasteiger partial charge >= 0.3 is 6.03 Å². The molecule has 1 saturated heterocycles. The smallest absolute Gasteiger partial charge is 0.323 e. The fourth-order valence-electron chi connectivity index (χ4n) is 2.46. The van der Waals surface area contributed by atoms with E-state index in [2.05, 4.69) is 21.2 Å². The summed E-state index contributed by atoms with van der Waals surface area (Å²) in [7, 11) is 0. The van der Waals surface area contributed by atoms with Gasteiger partial charge in [0.1, 0.15) is 5.54 Å². The van der Waals surface area contributed by atoms with Gasteiger partial charge in [-0.1, -0.05) is 35.2 Å². The van der Waals surface area contributed by atoms with Crippen LogP contribution in [0.4, 0.5) is 4.79 Å². The molecule has 1 saturated carbocycles. The Morgan fingerprint density at radius 3 is 2.53 bits per heavy atom. The SMILES string of the molecule is O=C1NC2(CCCCC2)C(=O)N1CCBr. The minimum Gasteiger partial charge on any atom is -0.323 e. The lowest BCUT2D eigenvalue weighted by molar-refractivity contribution is -0.132. The molecule has 2 fully saturated rings. The van der Waals surface area contributed by atoms with Crippen LogP contribution in [-0.2, 0) is 4.79 Å². The molecule has 0 radical (unpaired) electrons. The molecule has 0 aromatic carbocycles. The third-order valence-electron chi connectivity index (χ3n) is 3.26. The van der Waals surface area contributed by atoms with E-state index in [9.17, 15) is 9.59 Å². The molecule has 0 aromatic heterocycles.